The summed E-state index contributed by atoms with van der Waals surface area (Å²) in [4.78, 5) is 14.1. The van der Waals surface area contributed by atoms with Crippen molar-refractivity contribution in [2.24, 2.45) is 0 Å². The van der Waals surface area contributed by atoms with Crippen LogP contribution in [-0.4, -0.2) is 18.1 Å². The number of hydrogen-bond donors (Lipinski definition) is 2. The molecule has 0 spiro atoms. The molecule has 4 heteroatoms. The highest BCUT2D eigenvalue weighted by molar-refractivity contribution is 5.94. The molecule has 1 rings (SSSR count). The first kappa shape index (κ1) is 9.64. The van der Waals surface area contributed by atoms with Gasteiger partial charge in [-0.25, -0.2) is 4.79 Å². The Bertz CT molecular complexity index is 329. The molecule has 0 bridgehead atoms. The Morgan fingerprint density at radius 2 is 2.23 bits per heavy atom. The van der Waals surface area contributed by atoms with Crippen molar-refractivity contribution in [1.29, 1.82) is 0 Å². The molecular weight excluding hydrogens is 168 g/mol. The summed E-state index contributed by atoms with van der Waals surface area (Å²) in [5.74, 6) is -0.416. The topological polar surface area (TPSA) is 68.1 Å². The molecule has 0 aliphatic heterocycles. The SMILES string of the molecule is CCc1c(C)[nH]c(C(=O)OC)c1N. The molecule has 1 heterocycles. The van der Waals surface area contributed by atoms with Crippen LogP contribution in [0.2, 0.25) is 0 Å². The second-order valence-corrected chi connectivity index (χ2v) is 2.86. The molecule has 0 aliphatic carbocycles. The summed E-state index contributed by atoms with van der Waals surface area (Å²) in [7, 11) is 1.34. The molecule has 1 aromatic rings. The minimum absolute atomic E-state index is 0.358. The second-order valence-electron chi connectivity index (χ2n) is 2.86. The molecule has 0 aromatic carbocycles. The van der Waals surface area contributed by atoms with Crippen molar-refractivity contribution in [3.05, 3.63) is 17.0 Å². The first-order valence-electron chi connectivity index (χ1n) is 4.17. The number of rotatable bonds is 2. The van der Waals surface area contributed by atoms with Crippen LogP contribution in [0.15, 0.2) is 0 Å². The number of anilines is 1. The summed E-state index contributed by atoms with van der Waals surface area (Å²) in [5.41, 5.74) is 8.54. The minimum Gasteiger partial charge on any atom is -0.464 e. The number of hydrogen-bond acceptors (Lipinski definition) is 3. The molecule has 0 atom stereocenters. The summed E-state index contributed by atoms with van der Waals surface area (Å²) in [6.07, 6.45) is 0.811. The highest BCUT2D eigenvalue weighted by Crippen LogP contribution is 2.22. The summed E-state index contributed by atoms with van der Waals surface area (Å²) in [5, 5.41) is 0. The zero-order valence-corrected chi connectivity index (χ0v) is 8.10. The van der Waals surface area contributed by atoms with Crippen LogP contribution < -0.4 is 5.73 Å². The van der Waals surface area contributed by atoms with Gasteiger partial charge in [0.2, 0.25) is 0 Å². The highest BCUT2D eigenvalue weighted by Gasteiger charge is 2.16. The van der Waals surface area contributed by atoms with Crippen LogP contribution in [-0.2, 0) is 11.2 Å². The quantitative estimate of drug-likeness (QED) is 0.676. The van der Waals surface area contributed by atoms with Gasteiger partial charge in [0.25, 0.3) is 0 Å². The lowest BCUT2D eigenvalue weighted by atomic mass is 10.1. The standard InChI is InChI=1S/C9H14N2O2/c1-4-6-5(2)11-8(7(6)10)9(12)13-3/h11H,4,10H2,1-3H3. The van der Waals surface area contributed by atoms with Crippen molar-refractivity contribution in [2.45, 2.75) is 20.3 Å². The average molecular weight is 182 g/mol. The third-order valence-electron chi connectivity index (χ3n) is 2.10. The van der Waals surface area contributed by atoms with E-state index in [2.05, 4.69) is 9.72 Å². The van der Waals surface area contributed by atoms with Gasteiger partial charge < -0.3 is 15.5 Å². The Morgan fingerprint density at radius 1 is 1.62 bits per heavy atom. The van der Waals surface area contributed by atoms with Gasteiger partial charge in [-0.05, 0) is 18.9 Å². The molecule has 4 nitrogen and oxygen atoms in total. The number of nitrogen functional groups attached to an aromatic ring is 1. The van der Waals surface area contributed by atoms with E-state index in [0.29, 0.717) is 11.4 Å². The number of nitrogens with one attached hydrogen (secondary N) is 1. The third-order valence-corrected chi connectivity index (χ3v) is 2.10. The van der Waals surface area contributed by atoms with E-state index in [9.17, 15) is 4.79 Å². The van der Waals surface area contributed by atoms with Gasteiger partial charge >= 0.3 is 5.97 Å². The summed E-state index contributed by atoms with van der Waals surface area (Å²) >= 11 is 0. The van der Waals surface area contributed by atoms with Crippen molar-refractivity contribution in [2.75, 3.05) is 12.8 Å². The van der Waals surface area contributed by atoms with Crippen molar-refractivity contribution in [1.82, 2.24) is 4.98 Å². The average Bonchev–Trinajstić information content (AvgIpc) is 2.40. The molecule has 72 valence electrons. The number of carbonyl (C=O) groups excluding carboxylic acids is 1. The van der Waals surface area contributed by atoms with Gasteiger partial charge in [-0.15, -0.1) is 0 Å². The monoisotopic (exact) mass is 182 g/mol. The van der Waals surface area contributed by atoms with Gasteiger partial charge in [0.05, 0.1) is 12.8 Å². The van der Waals surface area contributed by atoms with Crippen LogP contribution in [0.3, 0.4) is 0 Å². The number of methoxy groups -OCH3 is 1. The normalized spacial score (nSPS) is 10.1. The van der Waals surface area contributed by atoms with Crippen molar-refractivity contribution in [3.8, 4) is 0 Å². The van der Waals surface area contributed by atoms with E-state index in [1.54, 1.807) is 0 Å². The smallest absolute Gasteiger partial charge is 0.356 e. The number of nitrogens with two attached hydrogens (primary N) is 1. The van der Waals surface area contributed by atoms with Gasteiger partial charge in [-0.3, -0.25) is 0 Å². The number of H-pyrrole nitrogens is 1. The van der Waals surface area contributed by atoms with E-state index in [-0.39, 0.29) is 0 Å². The van der Waals surface area contributed by atoms with Crippen molar-refractivity contribution >= 4 is 11.7 Å². The van der Waals surface area contributed by atoms with Crippen LogP contribution in [0.4, 0.5) is 5.69 Å². The van der Waals surface area contributed by atoms with E-state index in [0.717, 1.165) is 17.7 Å². The fourth-order valence-electron chi connectivity index (χ4n) is 1.40. The second kappa shape index (κ2) is 3.51. The first-order chi connectivity index (χ1) is 6.11. The Kier molecular flexibility index (Phi) is 2.60. The van der Waals surface area contributed by atoms with Crippen LogP contribution in [0.1, 0.15) is 28.7 Å². The number of esters is 1. The van der Waals surface area contributed by atoms with Crippen LogP contribution in [0.5, 0.6) is 0 Å². The Balaban J connectivity index is 3.18. The van der Waals surface area contributed by atoms with E-state index >= 15 is 0 Å². The summed E-state index contributed by atoms with van der Waals surface area (Å²) < 4.78 is 4.58. The Morgan fingerprint density at radius 3 is 2.62 bits per heavy atom. The number of aromatic nitrogens is 1. The number of carbonyl (C=O) groups is 1. The maximum Gasteiger partial charge on any atom is 0.356 e. The molecule has 1 aromatic heterocycles. The molecule has 0 radical (unpaired) electrons. The highest BCUT2D eigenvalue weighted by atomic mass is 16.5. The molecule has 0 unspecified atom stereocenters. The van der Waals surface area contributed by atoms with E-state index in [4.69, 9.17) is 5.73 Å². The van der Waals surface area contributed by atoms with Crippen LogP contribution in [0, 0.1) is 6.92 Å². The molecular formula is C9H14N2O2. The molecule has 0 fully saturated rings. The number of aromatic amines is 1. The largest absolute Gasteiger partial charge is 0.464 e. The molecule has 0 saturated carbocycles. The predicted octanol–water partition coefficient (Wildman–Crippen LogP) is 1.25. The Labute approximate surface area is 77.1 Å². The van der Waals surface area contributed by atoms with Gasteiger partial charge in [0.1, 0.15) is 5.69 Å². The maximum atomic E-state index is 11.2. The molecule has 0 saturated heterocycles. The zero-order chi connectivity index (χ0) is 10.0. The van der Waals surface area contributed by atoms with Crippen molar-refractivity contribution in [3.63, 3.8) is 0 Å². The molecule has 0 amide bonds. The van der Waals surface area contributed by atoms with Gasteiger partial charge in [0, 0.05) is 5.69 Å². The van der Waals surface area contributed by atoms with Crippen LogP contribution in [0.25, 0.3) is 0 Å². The number of aryl methyl sites for hydroxylation is 1. The third kappa shape index (κ3) is 1.52. The first-order valence-corrected chi connectivity index (χ1v) is 4.17. The minimum atomic E-state index is -0.416. The molecule has 13 heavy (non-hydrogen) atoms. The van der Waals surface area contributed by atoms with Crippen molar-refractivity contribution < 1.29 is 9.53 Å². The lowest BCUT2D eigenvalue weighted by Gasteiger charge is -1.97. The number of ether oxygens (including phenoxy) is 1. The van der Waals surface area contributed by atoms with Gasteiger partial charge in [-0.1, -0.05) is 6.92 Å². The van der Waals surface area contributed by atoms with E-state index < -0.39 is 5.97 Å². The fraction of sp³-hybridized carbons (Fsp3) is 0.444. The predicted molar refractivity (Wildman–Crippen MR) is 50.7 cm³/mol. The lowest BCUT2D eigenvalue weighted by Crippen LogP contribution is -2.05. The summed E-state index contributed by atoms with van der Waals surface area (Å²) in [6.45, 7) is 3.88. The van der Waals surface area contributed by atoms with E-state index in [1.165, 1.54) is 7.11 Å². The molecule has 3 N–H and O–H groups in total. The maximum absolute atomic E-state index is 11.2. The van der Waals surface area contributed by atoms with Gasteiger partial charge in [0.15, 0.2) is 0 Å². The lowest BCUT2D eigenvalue weighted by molar-refractivity contribution is 0.0596. The Hall–Kier alpha value is -1.45. The summed E-state index contributed by atoms with van der Waals surface area (Å²) in [6, 6.07) is 0. The molecule has 0 aliphatic rings. The van der Waals surface area contributed by atoms with E-state index in [1.807, 2.05) is 13.8 Å². The van der Waals surface area contributed by atoms with Crippen LogP contribution >= 0.6 is 0 Å². The zero-order valence-electron chi connectivity index (χ0n) is 8.10. The van der Waals surface area contributed by atoms with Gasteiger partial charge in [-0.2, -0.15) is 0 Å². The fourth-order valence-corrected chi connectivity index (χ4v) is 1.40.